The lowest BCUT2D eigenvalue weighted by Crippen LogP contribution is -2.19. The number of nitrogens with one attached hydrogen (secondary N) is 1. The molecule has 160 valence electrons. The Morgan fingerprint density at radius 3 is 2.56 bits per heavy atom. The van der Waals surface area contributed by atoms with E-state index in [2.05, 4.69) is 5.32 Å². The number of anilines is 1. The fraction of sp³-hybridized carbons (Fsp3) is 0.160. The molecule has 5 rings (SSSR count). The van der Waals surface area contributed by atoms with Crippen LogP contribution in [-0.4, -0.2) is 16.8 Å². The number of carbonyl (C=O) groups is 2. The predicted molar refractivity (Wildman–Crippen MR) is 130 cm³/mol. The lowest BCUT2D eigenvalue weighted by Gasteiger charge is -2.12. The van der Waals surface area contributed by atoms with E-state index in [0.717, 1.165) is 47.1 Å². The number of rotatable bonds is 4. The average Bonchev–Trinajstić information content (AvgIpc) is 3.16. The first-order valence-corrected chi connectivity index (χ1v) is 11.6. The van der Waals surface area contributed by atoms with Crippen molar-refractivity contribution in [2.24, 2.45) is 5.73 Å². The van der Waals surface area contributed by atoms with Gasteiger partial charge in [0.15, 0.2) is 0 Å². The van der Waals surface area contributed by atoms with Crippen LogP contribution in [0.4, 0.5) is 5.00 Å². The summed E-state index contributed by atoms with van der Waals surface area (Å²) in [6.45, 7) is 0. The molecule has 0 spiro atoms. The third-order valence-electron chi connectivity index (χ3n) is 5.75. The number of carbonyl (C=O) groups excluding carboxylic acids is 2. The van der Waals surface area contributed by atoms with Gasteiger partial charge < -0.3 is 11.1 Å². The van der Waals surface area contributed by atoms with Crippen LogP contribution in [0.5, 0.6) is 0 Å². The molecule has 2 aromatic carbocycles. The molecule has 2 amide bonds. The smallest absolute Gasteiger partial charge is 0.257 e. The van der Waals surface area contributed by atoms with Crippen molar-refractivity contribution in [1.29, 1.82) is 0 Å². The van der Waals surface area contributed by atoms with Gasteiger partial charge in [-0.1, -0.05) is 41.9 Å². The molecule has 0 saturated carbocycles. The minimum atomic E-state index is -0.499. The molecule has 5 nitrogen and oxygen atoms in total. The van der Waals surface area contributed by atoms with Gasteiger partial charge in [0.2, 0.25) is 0 Å². The Labute approximate surface area is 194 Å². The molecule has 0 aliphatic heterocycles. The van der Waals surface area contributed by atoms with Gasteiger partial charge >= 0.3 is 0 Å². The summed E-state index contributed by atoms with van der Waals surface area (Å²) in [7, 11) is 0. The average molecular weight is 462 g/mol. The molecule has 2 aromatic heterocycles. The van der Waals surface area contributed by atoms with Crippen LogP contribution in [0.3, 0.4) is 0 Å². The molecule has 7 heteroatoms. The SMILES string of the molecule is NC(=O)c1c(NC(=O)c2cc(-c3ccc(Cl)cc3)nc3ccccc23)sc2c1CCCC2. The van der Waals surface area contributed by atoms with Gasteiger partial charge in [-0.25, -0.2) is 4.98 Å². The lowest BCUT2D eigenvalue weighted by atomic mass is 9.95. The number of nitrogens with zero attached hydrogens (tertiary/aromatic N) is 1. The van der Waals surface area contributed by atoms with E-state index >= 15 is 0 Å². The Balaban J connectivity index is 1.59. The molecule has 1 aliphatic rings. The maximum absolute atomic E-state index is 13.4. The maximum Gasteiger partial charge on any atom is 0.257 e. The second-order valence-electron chi connectivity index (χ2n) is 7.81. The van der Waals surface area contributed by atoms with Gasteiger partial charge in [-0.3, -0.25) is 9.59 Å². The number of thiophene rings is 1. The zero-order chi connectivity index (χ0) is 22.2. The normalized spacial score (nSPS) is 13.0. The Morgan fingerprint density at radius 1 is 1.03 bits per heavy atom. The first-order valence-electron chi connectivity index (χ1n) is 10.4. The highest BCUT2D eigenvalue weighted by molar-refractivity contribution is 7.17. The summed E-state index contributed by atoms with van der Waals surface area (Å²) in [6, 6.07) is 16.6. The first kappa shape index (κ1) is 20.7. The highest BCUT2D eigenvalue weighted by Gasteiger charge is 2.26. The van der Waals surface area contributed by atoms with Crippen LogP contribution >= 0.6 is 22.9 Å². The maximum atomic E-state index is 13.4. The van der Waals surface area contributed by atoms with Gasteiger partial charge in [-0.2, -0.15) is 0 Å². The number of para-hydroxylation sites is 1. The third-order valence-corrected chi connectivity index (χ3v) is 7.20. The van der Waals surface area contributed by atoms with E-state index in [-0.39, 0.29) is 5.91 Å². The molecule has 1 aliphatic carbocycles. The number of hydrogen-bond acceptors (Lipinski definition) is 4. The summed E-state index contributed by atoms with van der Waals surface area (Å²) in [5.74, 6) is -0.791. The number of aryl methyl sites for hydroxylation is 1. The molecule has 2 heterocycles. The van der Waals surface area contributed by atoms with E-state index in [9.17, 15) is 9.59 Å². The van der Waals surface area contributed by atoms with E-state index in [0.29, 0.717) is 32.4 Å². The van der Waals surface area contributed by atoms with Gasteiger partial charge in [-0.15, -0.1) is 11.3 Å². The number of fused-ring (bicyclic) bond motifs is 2. The predicted octanol–water partition coefficient (Wildman–Crippen LogP) is 5.85. The van der Waals surface area contributed by atoms with Gasteiger partial charge in [0, 0.05) is 20.8 Å². The second kappa shape index (κ2) is 8.37. The van der Waals surface area contributed by atoms with Crippen molar-refractivity contribution in [3.05, 3.63) is 81.2 Å². The topological polar surface area (TPSA) is 85.1 Å². The van der Waals surface area contributed by atoms with Crippen molar-refractivity contribution < 1.29 is 9.59 Å². The Kier molecular flexibility index (Phi) is 5.41. The molecule has 32 heavy (non-hydrogen) atoms. The molecule has 0 bridgehead atoms. The molecule has 0 atom stereocenters. The van der Waals surface area contributed by atoms with Gasteiger partial charge in [0.05, 0.1) is 22.3 Å². The van der Waals surface area contributed by atoms with Crippen LogP contribution in [0, 0.1) is 0 Å². The number of aromatic nitrogens is 1. The van der Waals surface area contributed by atoms with E-state index in [4.69, 9.17) is 22.3 Å². The molecule has 3 N–H and O–H groups in total. The monoisotopic (exact) mass is 461 g/mol. The number of pyridine rings is 1. The van der Waals surface area contributed by atoms with Crippen molar-refractivity contribution >= 4 is 50.7 Å². The standard InChI is InChI=1S/C25H20ClN3O2S/c26-15-11-9-14(10-12-15)20-13-18(16-5-1-3-7-19(16)28-20)24(31)29-25-22(23(27)30)17-6-2-4-8-21(17)32-25/h1,3,5,7,9-13H,2,4,6,8H2,(H2,27,30)(H,29,31). The Morgan fingerprint density at radius 2 is 1.78 bits per heavy atom. The van der Waals surface area contributed by atoms with Crippen molar-refractivity contribution in [2.45, 2.75) is 25.7 Å². The fourth-order valence-corrected chi connectivity index (χ4v) is 5.63. The molecule has 0 radical (unpaired) electrons. The van der Waals surface area contributed by atoms with Gasteiger partial charge in [0.1, 0.15) is 5.00 Å². The molecular weight excluding hydrogens is 442 g/mol. The van der Waals surface area contributed by atoms with E-state index in [1.807, 2.05) is 36.4 Å². The van der Waals surface area contributed by atoms with Crippen LogP contribution in [0.25, 0.3) is 22.2 Å². The van der Waals surface area contributed by atoms with Crippen LogP contribution in [0.2, 0.25) is 5.02 Å². The first-order chi connectivity index (χ1) is 15.5. The zero-order valence-electron chi connectivity index (χ0n) is 17.2. The van der Waals surface area contributed by atoms with Crippen molar-refractivity contribution in [2.75, 3.05) is 5.32 Å². The Hall–Kier alpha value is -3.22. The minimum Gasteiger partial charge on any atom is -0.365 e. The van der Waals surface area contributed by atoms with Crippen LogP contribution in [0.15, 0.2) is 54.6 Å². The number of halogens is 1. The van der Waals surface area contributed by atoms with Gasteiger partial charge in [0.25, 0.3) is 11.8 Å². The quantitative estimate of drug-likeness (QED) is 0.400. The van der Waals surface area contributed by atoms with E-state index in [1.165, 1.54) is 11.3 Å². The van der Waals surface area contributed by atoms with Gasteiger partial charge in [-0.05, 0) is 55.5 Å². The van der Waals surface area contributed by atoms with Crippen LogP contribution in [-0.2, 0) is 12.8 Å². The summed E-state index contributed by atoms with van der Waals surface area (Å²) in [4.78, 5) is 31.5. The number of primary amides is 1. The second-order valence-corrected chi connectivity index (χ2v) is 9.35. The zero-order valence-corrected chi connectivity index (χ0v) is 18.7. The van der Waals surface area contributed by atoms with E-state index < -0.39 is 5.91 Å². The summed E-state index contributed by atoms with van der Waals surface area (Å²) < 4.78 is 0. The molecular formula is C25H20ClN3O2S. The fourth-order valence-electron chi connectivity index (χ4n) is 4.22. The number of amides is 2. The molecule has 0 unspecified atom stereocenters. The summed E-state index contributed by atoms with van der Waals surface area (Å²) in [5.41, 5.74) is 9.87. The van der Waals surface area contributed by atoms with Crippen LogP contribution < -0.4 is 11.1 Å². The third kappa shape index (κ3) is 3.76. The minimum absolute atomic E-state index is 0.292. The highest BCUT2D eigenvalue weighted by atomic mass is 35.5. The van der Waals surface area contributed by atoms with Crippen LogP contribution in [0.1, 0.15) is 44.0 Å². The van der Waals surface area contributed by atoms with Crippen molar-refractivity contribution in [1.82, 2.24) is 4.98 Å². The molecule has 0 fully saturated rings. The highest BCUT2D eigenvalue weighted by Crippen LogP contribution is 2.38. The van der Waals surface area contributed by atoms with Crippen molar-refractivity contribution in [3.63, 3.8) is 0 Å². The summed E-state index contributed by atoms with van der Waals surface area (Å²) >= 11 is 7.49. The largest absolute Gasteiger partial charge is 0.365 e. The Bertz CT molecular complexity index is 1360. The molecule has 0 saturated heterocycles. The number of hydrogen-bond donors (Lipinski definition) is 2. The van der Waals surface area contributed by atoms with Crippen molar-refractivity contribution in [3.8, 4) is 11.3 Å². The summed E-state index contributed by atoms with van der Waals surface area (Å²) in [5, 5.41) is 4.88. The number of nitrogens with two attached hydrogens (primary N) is 1. The lowest BCUT2D eigenvalue weighted by molar-refractivity contribution is 0.100. The summed E-state index contributed by atoms with van der Waals surface area (Å²) in [6.07, 6.45) is 3.84. The molecule has 4 aromatic rings. The number of benzene rings is 2. The van der Waals surface area contributed by atoms with E-state index in [1.54, 1.807) is 18.2 Å².